The number of aromatic nitrogens is 4. The number of urea groups is 1. The first-order chi connectivity index (χ1) is 25.0. The van der Waals surface area contributed by atoms with Crippen LogP contribution in [-0.2, 0) is 81.7 Å². The summed E-state index contributed by atoms with van der Waals surface area (Å²) < 4.78 is 7.72. The van der Waals surface area contributed by atoms with Gasteiger partial charge in [-0.25, -0.2) is 33.1 Å². The number of quaternary nitrogens is 1. The summed E-state index contributed by atoms with van der Waals surface area (Å²) in [5, 5.41) is 53.3. The van der Waals surface area contributed by atoms with Crippen molar-refractivity contribution in [1.82, 2.24) is 25.1 Å². The number of carbonyl (C=O) groups is 7. The molecule has 0 saturated carbocycles. The topological polar surface area (TPSA) is 300 Å². The van der Waals surface area contributed by atoms with Crippen molar-refractivity contribution >= 4 is 41.8 Å². The molecule has 0 fully saturated rings. The number of amides is 3. The number of nitrogens with one attached hydrogen (secondary N) is 3. The molecule has 1 aliphatic heterocycles. The molecule has 21 nitrogen and oxygen atoms in total. The molecule has 1 aliphatic rings. The van der Waals surface area contributed by atoms with Gasteiger partial charge in [0.15, 0.2) is 26.2 Å². The van der Waals surface area contributed by atoms with Gasteiger partial charge in [-0.3, -0.25) is 9.59 Å². The van der Waals surface area contributed by atoms with E-state index in [1.165, 1.54) is 0 Å². The van der Waals surface area contributed by atoms with E-state index in [-0.39, 0.29) is 72.3 Å². The summed E-state index contributed by atoms with van der Waals surface area (Å²) in [6.07, 6.45) is 8.45. The van der Waals surface area contributed by atoms with Gasteiger partial charge in [-0.1, -0.05) is 0 Å². The molecule has 2 aromatic heterocycles. The largest absolute Gasteiger partial charge is 0.481 e. The van der Waals surface area contributed by atoms with Crippen molar-refractivity contribution in [2.24, 2.45) is 5.73 Å². The predicted octanol–water partition coefficient (Wildman–Crippen LogP) is -1.70. The second-order valence-corrected chi connectivity index (χ2v) is 13.4. The molecule has 0 aliphatic carbocycles. The van der Waals surface area contributed by atoms with E-state index in [1.54, 1.807) is 21.5 Å². The van der Waals surface area contributed by atoms with Crippen molar-refractivity contribution in [2.75, 3.05) is 20.1 Å². The molecule has 22 heteroatoms. The third kappa shape index (κ3) is 15.4. The van der Waals surface area contributed by atoms with Crippen molar-refractivity contribution in [3.63, 3.8) is 0 Å². The van der Waals surface area contributed by atoms with Crippen molar-refractivity contribution in [3.8, 4) is 0 Å². The van der Waals surface area contributed by atoms with E-state index < -0.39 is 60.4 Å². The van der Waals surface area contributed by atoms with E-state index in [2.05, 4.69) is 16.0 Å². The Morgan fingerprint density at radius 2 is 1.25 bits per heavy atom. The van der Waals surface area contributed by atoms with Crippen molar-refractivity contribution in [3.05, 3.63) is 43.9 Å². The molecule has 0 spiro atoms. The maximum atomic E-state index is 12.7. The van der Waals surface area contributed by atoms with Crippen LogP contribution in [-0.4, -0.2) is 119 Å². The van der Waals surface area contributed by atoms with Gasteiger partial charge >= 0.3 is 47.5 Å². The molecular weight excluding hydrogens is 813 g/mol. The molecule has 55 heavy (non-hydrogen) atoms. The number of nitrogens with two attached hydrogens (primary N) is 1. The molecule has 3 amide bonds. The summed E-state index contributed by atoms with van der Waals surface area (Å²) in [5.74, 6) is -4.77. The smallest absolute Gasteiger partial charge is 0.346 e. The SMILES string of the molecule is C[N+]1(CCCC[C@H](N)C(=O)NCCCCC(NC(=O)NC(CCC(=O)O)C(=O)O)C(=O)O)Cc2n(CC(=O)O)cc[n+]2C[n+]2ccn(CC(=O)O)c2C1.[99Tc].[CH3-]. The number of hydrogen-bond acceptors (Lipinski definition) is 8. The molecule has 1 radical (unpaired) electrons. The van der Waals surface area contributed by atoms with Gasteiger partial charge in [-0.2, -0.15) is 9.13 Å². The van der Waals surface area contributed by atoms with Gasteiger partial charge in [0.25, 0.3) is 0 Å². The number of nitrogens with zero attached hydrogens (tertiary/aromatic N) is 5. The molecule has 0 aromatic carbocycles. The standard InChI is InChI=1S/C32H47N9O12.CH3.Tc/c1-41(18-24-37(16-27(44)45)11-13-39(24)20-40-14-12-38(17-28(46)47)25(40)19-41)15-5-3-6-21(33)29(48)34-10-4-2-7-22(30(49)50)35-32(53)36-23(31(51)52)8-9-26(42)43;;/h11-14,21-23H,2-10,15-20,33H2,1H3,(H5-3,34,35,36,42,43,44,45,46,47,48,49,50,51,52,53);1H3;/q;-1;/p+3/t21-,22?,23?;;/m0../s1/i;;1+1. The number of carboxylic acids is 5. The van der Waals surface area contributed by atoms with Crippen LogP contribution in [0.25, 0.3) is 0 Å². The van der Waals surface area contributed by atoms with Crippen LogP contribution in [0, 0.1) is 7.43 Å². The van der Waals surface area contributed by atoms with E-state index in [0.29, 0.717) is 56.5 Å². The first kappa shape index (κ1) is 48.1. The molecule has 2 aromatic rings. The first-order valence-corrected chi connectivity index (χ1v) is 17.2. The van der Waals surface area contributed by atoms with Gasteiger partial charge in [0, 0.05) is 33.1 Å². The Balaban J connectivity index is 0.00000756. The second-order valence-electron chi connectivity index (χ2n) is 13.4. The number of aliphatic carboxylic acids is 5. The monoisotopic (exact) mass is 866 g/mol. The number of hydrogen-bond donors (Lipinski definition) is 9. The van der Waals surface area contributed by atoms with Crippen LogP contribution in [0.4, 0.5) is 4.79 Å². The van der Waals surface area contributed by atoms with Gasteiger partial charge in [-0.05, 0) is 44.9 Å². The maximum Gasteiger partial charge on any atom is 0.346 e. The fourth-order valence-electron chi connectivity index (χ4n) is 6.20. The molecule has 307 valence electrons. The Bertz CT molecular complexity index is 1600. The summed E-state index contributed by atoms with van der Waals surface area (Å²) in [5.41, 5.74) is 6.15. The minimum atomic E-state index is -1.51. The molecule has 2 unspecified atom stereocenters. The average Bonchev–Trinajstić information content (AvgIpc) is 3.59. The first-order valence-electron chi connectivity index (χ1n) is 17.2. The average molecular weight is 867 g/mol. The number of unbranched alkanes of at least 4 members (excludes halogenated alkanes) is 2. The van der Waals surface area contributed by atoms with E-state index in [4.69, 9.17) is 10.8 Å². The number of carboxylic acid groups (broad SMARTS) is 5. The zero-order valence-electron chi connectivity index (χ0n) is 30.9. The summed E-state index contributed by atoms with van der Waals surface area (Å²) >= 11 is 0. The van der Waals surface area contributed by atoms with Crippen LogP contribution in [0.1, 0.15) is 63.0 Å². The number of imidazole rings is 2. The van der Waals surface area contributed by atoms with Gasteiger partial charge in [0.2, 0.25) is 12.6 Å². The van der Waals surface area contributed by atoms with Crippen LogP contribution in [0.2, 0.25) is 0 Å². The quantitative estimate of drug-likeness (QED) is 0.0277. The minimum absolute atomic E-state index is 0. The van der Waals surface area contributed by atoms with Crippen LogP contribution >= 0.6 is 0 Å². The number of fused-ring (bicyclic) bond motifs is 2. The van der Waals surface area contributed by atoms with E-state index in [0.717, 1.165) is 11.6 Å². The van der Waals surface area contributed by atoms with E-state index in [9.17, 15) is 54.0 Å². The zero-order valence-corrected chi connectivity index (χ0v) is 32.8. The third-order valence-corrected chi connectivity index (χ3v) is 9.01. The van der Waals surface area contributed by atoms with E-state index in [1.807, 2.05) is 28.6 Å². The summed E-state index contributed by atoms with van der Waals surface area (Å²) in [7, 11) is 2.02. The fraction of sp³-hybridized carbons (Fsp3) is 0.576. The van der Waals surface area contributed by atoms with Gasteiger partial charge in [0.1, 0.15) is 36.9 Å². The van der Waals surface area contributed by atoms with E-state index >= 15 is 0 Å². The second kappa shape index (κ2) is 22.5. The summed E-state index contributed by atoms with van der Waals surface area (Å²) in [4.78, 5) is 81.6. The van der Waals surface area contributed by atoms with Crippen LogP contribution < -0.4 is 30.8 Å². The zero-order chi connectivity index (χ0) is 39.3. The Labute approximate surface area is 331 Å². The normalized spacial score (nSPS) is 14.4. The fourth-order valence-corrected chi connectivity index (χ4v) is 6.20. The van der Waals surface area contributed by atoms with Crippen molar-refractivity contribution < 1.29 is 92.8 Å². The maximum absolute atomic E-state index is 12.7. The van der Waals surface area contributed by atoms with Gasteiger partial charge < -0.3 is 59.1 Å². The summed E-state index contributed by atoms with van der Waals surface area (Å²) in [6, 6.07) is -4.74. The molecular formula is C33H53N9O12Tc+2. The van der Waals surface area contributed by atoms with Gasteiger partial charge in [-0.15, -0.1) is 0 Å². The number of rotatable bonds is 22. The molecule has 3 atom stereocenters. The van der Waals surface area contributed by atoms with Crippen LogP contribution in [0.5, 0.6) is 0 Å². The molecule has 3 rings (SSSR count). The molecule has 0 bridgehead atoms. The third-order valence-electron chi connectivity index (χ3n) is 9.01. The molecule has 10 N–H and O–H groups in total. The van der Waals surface area contributed by atoms with Crippen LogP contribution in [0.3, 0.4) is 0 Å². The Morgan fingerprint density at radius 3 is 1.73 bits per heavy atom. The Morgan fingerprint density at radius 1 is 0.764 bits per heavy atom. The molecule has 0 saturated heterocycles. The van der Waals surface area contributed by atoms with Gasteiger partial charge in [0.05, 0.1) is 19.6 Å². The predicted molar refractivity (Wildman–Crippen MR) is 185 cm³/mol. The van der Waals surface area contributed by atoms with Crippen LogP contribution in [0.15, 0.2) is 24.8 Å². The van der Waals surface area contributed by atoms with Crippen molar-refractivity contribution in [2.45, 2.75) is 102 Å². The summed E-state index contributed by atoms with van der Waals surface area (Å²) in [6.45, 7) is 1.76. The minimum Gasteiger partial charge on any atom is -0.481 e. The van der Waals surface area contributed by atoms with Crippen molar-refractivity contribution in [1.29, 1.82) is 0 Å². The molecule has 3 heterocycles. The Kier molecular flexibility index (Phi) is 19.6. The number of carbonyl (C=O) groups excluding carboxylic acids is 2. The Hall–Kier alpha value is -4.92.